The fourth-order valence-electron chi connectivity index (χ4n) is 6.37. The first kappa shape index (κ1) is 21.3. The van der Waals surface area contributed by atoms with E-state index < -0.39 is 5.60 Å². The minimum absolute atomic E-state index is 0.00868. The molecule has 176 valence electrons. The van der Waals surface area contributed by atoms with Gasteiger partial charge in [-0.3, -0.25) is 4.98 Å². The summed E-state index contributed by atoms with van der Waals surface area (Å²) >= 11 is 0. The Morgan fingerprint density at radius 3 is 2.59 bits per heavy atom. The summed E-state index contributed by atoms with van der Waals surface area (Å²) in [5.74, 6) is 2.15. The molecule has 0 radical (unpaired) electrons. The van der Waals surface area contributed by atoms with Gasteiger partial charge < -0.3 is 20.5 Å². The number of piperidine rings is 2. The summed E-state index contributed by atoms with van der Waals surface area (Å²) in [7, 11) is 0. The number of ether oxygens (including phenoxy) is 1. The van der Waals surface area contributed by atoms with E-state index in [1.54, 1.807) is 30.8 Å². The van der Waals surface area contributed by atoms with E-state index >= 15 is 0 Å². The maximum Gasteiger partial charge on any atom is 0.147 e. The fourth-order valence-corrected chi connectivity index (χ4v) is 6.37. The van der Waals surface area contributed by atoms with Crippen molar-refractivity contribution in [3.63, 3.8) is 0 Å². The molecule has 2 aliphatic carbocycles. The first-order chi connectivity index (χ1) is 16.2. The number of aromatic nitrogens is 4. The van der Waals surface area contributed by atoms with Gasteiger partial charge in [0, 0.05) is 23.2 Å². The van der Waals surface area contributed by atoms with E-state index in [0.29, 0.717) is 40.2 Å². The van der Waals surface area contributed by atoms with E-state index in [-0.39, 0.29) is 12.1 Å². The molecule has 7 rings (SSSR count). The Morgan fingerprint density at radius 1 is 1.21 bits per heavy atom. The van der Waals surface area contributed by atoms with Gasteiger partial charge in [0.15, 0.2) is 0 Å². The second-order valence-electron chi connectivity index (χ2n) is 10.9. The third-order valence-corrected chi connectivity index (χ3v) is 7.46. The van der Waals surface area contributed by atoms with Crippen molar-refractivity contribution < 1.29 is 9.84 Å². The lowest BCUT2D eigenvalue weighted by molar-refractivity contribution is 0.0283. The topological polar surface area (TPSA) is 126 Å². The molecule has 0 amide bonds. The zero-order valence-electron chi connectivity index (χ0n) is 19.5. The van der Waals surface area contributed by atoms with Crippen molar-refractivity contribution >= 4 is 11.3 Å². The predicted octanol–water partition coefficient (Wildman–Crippen LogP) is 2.66. The van der Waals surface area contributed by atoms with Gasteiger partial charge in [-0.1, -0.05) is 0 Å². The molecule has 4 aliphatic rings. The van der Waals surface area contributed by atoms with Crippen molar-refractivity contribution in [3.05, 3.63) is 36.4 Å². The van der Waals surface area contributed by atoms with Crippen molar-refractivity contribution in [2.75, 3.05) is 11.5 Å². The van der Waals surface area contributed by atoms with Gasteiger partial charge >= 0.3 is 0 Å². The molecule has 34 heavy (non-hydrogen) atoms. The molecule has 3 N–H and O–H groups in total. The molecule has 2 unspecified atom stereocenters. The Kier molecular flexibility index (Phi) is 4.63. The van der Waals surface area contributed by atoms with Crippen LogP contribution in [-0.2, 0) is 0 Å². The van der Waals surface area contributed by atoms with Crippen LogP contribution in [-0.4, -0.2) is 54.5 Å². The molecule has 2 saturated carbocycles. The van der Waals surface area contributed by atoms with E-state index in [9.17, 15) is 10.4 Å². The van der Waals surface area contributed by atoms with Crippen molar-refractivity contribution in [2.45, 2.75) is 69.2 Å². The number of nitrogens with zero attached hydrogens (tertiary/aromatic N) is 6. The van der Waals surface area contributed by atoms with Gasteiger partial charge in [0.1, 0.15) is 24.2 Å². The third kappa shape index (κ3) is 3.58. The molecule has 2 aliphatic heterocycles. The maximum atomic E-state index is 10.1. The van der Waals surface area contributed by atoms with Crippen LogP contribution in [0.1, 0.15) is 51.5 Å². The highest BCUT2D eigenvalue weighted by atomic mass is 16.5. The summed E-state index contributed by atoms with van der Waals surface area (Å²) in [5, 5.41) is 24.0. The van der Waals surface area contributed by atoms with Gasteiger partial charge in [-0.2, -0.15) is 10.4 Å². The Hall–Kier alpha value is -3.22. The summed E-state index contributed by atoms with van der Waals surface area (Å²) in [5.41, 5.74) is 8.14. The number of rotatable bonds is 5. The highest BCUT2D eigenvalue weighted by Gasteiger charge is 2.53. The lowest BCUT2D eigenvalue weighted by atomic mass is 9.60. The molecule has 9 heteroatoms. The second-order valence-corrected chi connectivity index (χ2v) is 10.9. The van der Waals surface area contributed by atoms with Crippen LogP contribution in [0.3, 0.4) is 0 Å². The Morgan fingerprint density at radius 2 is 1.97 bits per heavy atom. The van der Waals surface area contributed by atoms with Crippen LogP contribution in [0.25, 0.3) is 16.8 Å². The third-order valence-electron chi connectivity index (χ3n) is 7.46. The van der Waals surface area contributed by atoms with Crippen LogP contribution in [0.4, 0.5) is 5.82 Å². The van der Waals surface area contributed by atoms with Crippen LogP contribution in [0.2, 0.25) is 0 Å². The van der Waals surface area contributed by atoms with Gasteiger partial charge in [0.2, 0.25) is 0 Å². The van der Waals surface area contributed by atoms with E-state index in [0.717, 1.165) is 31.0 Å². The summed E-state index contributed by atoms with van der Waals surface area (Å²) in [6, 6.07) is 4.90. The van der Waals surface area contributed by atoms with Gasteiger partial charge in [-0.15, -0.1) is 0 Å². The van der Waals surface area contributed by atoms with Crippen molar-refractivity contribution in [1.29, 1.82) is 5.26 Å². The minimum Gasteiger partial charge on any atom is -0.489 e. The maximum absolute atomic E-state index is 10.1. The SMILES string of the molecule is CC(C)(O)COc1cc(-c2cnc(N3C4CC5CC3CC(N)(C5)C4)cn2)c2c(C#N)cnn2c1. The first-order valence-electron chi connectivity index (χ1n) is 11.9. The highest BCUT2D eigenvalue weighted by molar-refractivity contribution is 5.83. The van der Waals surface area contributed by atoms with E-state index in [1.165, 1.54) is 19.0 Å². The predicted molar refractivity (Wildman–Crippen MR) is 126 cm³/mol. The Bertz CT molecular complexity index is 1270. The Balaban J connectivity index is 1.35. The number of aliphatic hydroxyl groups is 1. The number of hydrogen-bond acceptors (Lipinski definition) is 8. The van der Waals surface area contributed by atoms with E-state index in [4.69, 9.17) is 20.4 Å². The number of nitriles is 1. The molecule has 9 nitrogen and oxygen atoms in total. The summed E-state index contributed by atoms with van der Waals surface area (Å²) < 4.78 is 7.43. The van der Waals surface area contributed by atoms with Gasteiger partial charge in [-0.05, 0) is 57.9 Å². The number of hydrogen-bond donors (Lipinski definition) is 2. The molecule has 0 aromatic carbocycles. The fraction of sp³-hybridized carbons (Fsp3) is 0.520. The zero-order chi connectivity index (χ0) is 23.7. The number of pyridine rings is 1. The van der Waals surface area contributed by atoms with Gasteiger partial charge in [0.25, 0.3) is 0 Å². The molecule has 3 aromatic rings. The molecule has 2 atom stereocenters. The lowest BCUT2D eigenvalue weighted by Gasteiger charge is -2.60. The number of fused-ring (bicyclic) bond motifs is 1. The molecular weight excluding hydrogens is 430 g/mol. The average molecular weight is 460 g/mol. The monoisotopic (exact) mass is 459 g/mol. The van der Waals surface area contributed by atoms with Crippen LogP contribution >= 0.6 is 0 Å². The number of nitrogens with two attached hydrogens (primary N) is 1. The molecule has 3 aromatic heterocycles. The lowest BCUT2D eigenvalue weighted by Crippen LogP contribution is -2.67. The first-order valence-corrected chi connectivity index (χ1v) is 11.9. The largest absolute Gasteiger partial charge is 0.489 e. The van der Waals surface area contributed by atoms with Gasteiger partial charge in [-0.25, -0.2) is 9.50 Å². The van der Waals surface area contributed by atoms with E-state index in [1.807, 2.05) is 12.3 Å². The summed E-state index contributed by atoms with van der Waals surface area (Å²) in [6.07, 6.45) is 12.4. The van der Waals surface area contributed by atoms with Crippen LogP contribution in [0.15, 0.2) is 30.9 Å². The smallest absolute Gasteiger partial charge is 0.147 e. The average Bonchev–Trinajstić information content (AvgIpc) is 3.19. The second kappa shape index (κ2) is 7.39. The molecule has 2 saturated heterocycles. The molecule has 4 bridgehead atoms. The Labute approximate surface area is 198 Å². The standard InChI is InChI=1S/C25H29N7O2/c1-24(2,33)14-34-19-5-20(23-16(9-26)10-30-31(23)13-19)21-11-29-22(12-28-21)32-17-3-15-4-18(32)8-25(27,6-15)7-17/h5,10-13,15,17-18,33H,3-4,6-8,14,27H2,1-2H3. The minimum atomic E-state index is -0.978. The highest BCUT2D eigenvalue weighted by Crippen LogP contribution is 2.51. The van der Waals surface area contributed by atoms with Crippen LogP contribution in [0, 0.1) is 17.2 Å². The quantitative estimate of drug-likeness (QED) is 0.596. The molecule has 0 spiro atoms. The molecule has 4 fully saturated rings. The van der Waals surface area contributed by atoms with E-state index in [2.05, 4.69) is 16.1 Å². The summed E-state index contributed by atoms with van der Waals surface area (Å²) in [6.45, 7) is 3.49. The number of anilines is 1. The molecular formula is C25H29N7O2. The van der Waals surface area contributed by atoms with Crippen LogP contribution in [0.5, 0.6) is 5.75 Å². The van der Waals surface area contributed by atoms with Crippen molar-refractivity contribution in [3.8, 4) is 23.1 Å². The van der Waals surface area contributed by atoms with Crippen LogP contribution < -0.4 is 15.4 Å². The molecule has 5 heterocycles. The van der Waals surface area contributed by atoms with Gasteiger partial charge in [0.05, 0.1) is 47.2 Å². The summed E-state index contributed by atoms with van der Waals surface area (Å²) in [4.78, 5) is 12.0. The van der Waals surface area contributed by atoms with Crippen molar-refractivity contribution in [1.82, 2.24) is 19.6 Å². The van der Waals surface area contributed by atoms with Crippen molar-refractivity contribution in [2.24, 2.45) is 11.7 Å². The normalized spacial score (nSPS) is 27.9. The zero-order valence-corrected chi connectivity index (χ0v) is 19.5.